The largest absolute Gasteiger partial charge is 0.351 e. The van der Waals surface area contributed by atoms with E-state index in [1.165, 1.54) is 12.3 Å². The number of nitro groups is 1. The molecule has 0 bridgehead atoms. The Kier molecular flexibility index (Phi) is 3.43. The standard InChI is InChI=1S/C13H18N4O3/c18-13(11-7-9(8-15-11)17(19)20)16-6-2-4-12(16)10-3-1-5-14-10/h7-8,10,12,14-15H,1-6H2. The van der Waals surface area contributed by atoms with Crippen LogP contribution in [-0.4, -0.2) is 45.9 Å². The van der Waals surface area contributed by atoms with E-state index in [4.69, 9.17) is 0 Å². The Morgan fingerprint density at radius 3 is 2.90 bits per heavy atom. The van der Waals surface area contributed by atoms with Crippen LogP contribution >= 0.6 is 0 Å². The van der Waals surface area contributed by atoms with Crippen LogP contribution in [0.25, 0.3) is 0 Å². The lowest BCUT2D eigenvalue weighted by atomic mass is 10.0. The van der Waals surface area contributed by atoms with Gasteiger partial charge in [-0.15, -0.1) is 0 Å². The molecular formula is C13H18N4O3. The number of rotatable bonds is 3. The van der Waals surface area contributed by atoms with E-state index in [2.05, 4.69) is 10.3 Å². The van der Waals surface area contributed by atoms with Gasteiger partial charge < -0.3 is 15.2 Å². The van der Waals surface area contributed by atoms with Crippen LogP contribution in [0, 0.1) is 10.1 Å². The number of nitrogens with zero attached hydrogens (tertiary/aromatic N) is 2. The lowest BCUT2D eigenvalue weighted by Crippen LogP contribution is -2.46. The fourth-order valence-corrected chi connectivity index (χ4v) is 3.27. The van der Waals surface area contributed by atoms with Gasteiger partial charge in [0.05, 0.1) is 11.1 Å². The third-order valence-corrected chi connectivity index (χ3v) is 4.23. The minimum Gasteiger partial charge on any atom is -0.351 e. The highest BCUT2D eigenvalue weighted by atomic mass is 16.6. The fraction of sp³-hybridized carbons (Fsp3) is 0.615. The highest BCUT2D eigenvalue weighted by Crippen LogP contribution is 2.26. The Bertz CT molecular complexity index is 521. The summed E-state index contributed by atoms with van der Waals surface area (Å²) in [5.41, 5.74) is 0.240. The van der Waals surface area contributed by atoms with Crippen LogP contribution in [0.2, 0.25) is 0 Å². The number of aromatic nitrogens is 1. The van der Waals surface area contributed by atoms with Gasteiger partial charge in [0.2, 0.25) is 0 Å². The van der Waals surface area contributed by atoms with Gasteiger partial charge in [-0.05, 0) is 32.2 Å². The zero-order chi connectivity index (χ0) is 14.1. The topological polar surface area (TPSA) is 91.3 Å². The summed E-state index contributed by atoms with van der Waals surface area (Å²) in [6.07, 6.45) is 5.52. The van der Waals surface area contributed by atoms with Gasteiger partial charge in [-0.1, -0.05) is 0 Å². The van der Waals surface area contributed by atoms with Gasteiger partial charge >= 0.3 is 0 Å². The van der Waals surface area contributed by atoms with Crippen LogP contribution in [-0.2, 0) is 0 Å². The summed E-state index contributed by atoms with van der Waals surface area (Å²) in [4.78, 5) is 27.3. The normalized spacial score (nSPS) is 26.1. The van der Waals surface area contributed by atoms with Crippen molar-refractivity contribution >= 4 is 11.6 Å². The molecule has 7 heteroatoms. The lowest BCUT2D eigenvalue weighted by Gasteiger charge is -2.29. The van der Waals surface area contributed by atoms with Crippen LogP contribution in [0.15, 0.2) is 12.3 Å². The molecule has 7 nitrogen and oxygen atoms in total. The van der Waals surface area contributed by atoms with Crippen molar-refractivity contribution in [2.24, 2.45) is 0 Å². The smallest absolute Gasteiger partial charge is 0.287 e. The molecule has 1 aromatic heterocycles. The Morgan fingerprint density at radius 1 is 1.40 bits per heavy atom. The summed E-state index contributed by atoms with van der Waals surface area (Å²) in [6.45, 7) is 1.74. The maximum Gasteiger partial charge on any atom is 0.287 e. The summed E-state index contributed by atoms with van der Waals surface area (Å²) in [7, 11) is 0. The molecule has 108 valence electrons. The minimum atomic E-state index is -0.493. The second-order valence-electron chi connectivity index (χ2n) is 5.44. The van der Waals surface area contributed by atoms with Crippen LogP contribution in [0.1, 0.15) is 36.2 Å². The van der Waals surface area contributed by atoms with Crippen molar-refractivity contribution in [2.75, 3.05) is 13.1 Å². The van der Waals surface area contributed by atoms with Gasteiger partial charge in [0.15, 0.2) is 0 Å². The molecule has 2 saturated heterocycles. The molecule has 3 heterocycles. The maximum atomic E-state index is 12.5. The van der Waals surface area contributed by atoms with E-state index >= 15 is 0 Å². The van der Waals surface area contributed by atoms with Gasteiger partial charge in [0.1, 0.15) is 5.69 Å². The number of carbonyl (C=O) groups is 1. The molecule has 1 aromatic rings. The molecule has 2 fully saturated rings. The average Bonchev–Trinajstić information content (AvgIpc) is 3.17. The van der Waals surface area contributed by atoms with Crippen LogP contribution < -0.4 is 5.32 Å². The average molecular weight is 278 g/mol. The van der Waals surface area contributed by atoms with Gasteiger partial charge in [-0.25, -0.2) is 0 Å². The molecule has 0 saturated carbocycles. The van der Waals surface area contributed by atoms with Gasteiger partial charge in [-0.3, -0.25) is 14.9 Å². The van der Waals surface area contributed by atoms with Crippen LogP contribution in [0.3, 0.4) is 0 Å². The number of hydrogen-bond donors (Lipinski definition) is 2. The highest BCUT2D eigenvalue weighted by Gasteiger charge is 2.36. The second kappa shape index (κ2) is 5.24. The van der Waals surface area contributed by atoms with E-state index in [1.807, 2.05) is 4.90 Å². The monoisotopic (exact) mass is 278 g/mol. The van der Waals surface area contributed by atoms with E-state index in [0.717, 1.165) is 38.8 Å². The highest BCUT2D eigenvalue weighted by molar-refractivity contribution is 5.93. The molecule has 0 spiro atoms. The zero-order valence-electron chi connectivity index (χ0n) is 11.2. The number of hydrogen-bond acceptors (Lipinski definition) is 4. The van der Waals surface area contributed by atoms with Crippen molar-refractivity contribution in [3.8, 4) is 0 Å². The minimum absolute atomic E-state index is 0.0666. The van der Waals surface area contributed by atoms with E-state index in [0.29, 0.717) is 11.7 Å². The summed E-state index contributed by atoms with van der Waals surface area (Å²) in [5, 5.41) is 14.1. The molecule has 2 atom stereocenters. The van der Waals surface area contributed by atoms with Gasteiger partial charge in [0.25, 0.3) is 11.6 Å². The Hall–Kier alpha value is -1.89. The number of carbonyl (C=O) groups excluding carboxylic acids is 1. The Morgan fingerprint density at radius 2 is 2.25 bits per heavy atom. The first-order valence-corrected chi connectivity index (χ1v) is 7.04. The van der Waals surface area contributed by atoms with Crippen molar-refractivity contribution < 1.29 is 9.72 Å². The number of H-pyrrole nitrogens is 1. The molecular weight excluding hydrogens is 260 g/mol. The maximum absolute atomic E-state index is 12.5. The molecule has 2 N–H and O–H groups in total. The molecule has 2 aliphatic heterocycles. The van der Waals surface area contributed by atoms with Crippen molar-refractivity contribution in [3.05, 3.63) is 28.1 Å². The molecule has 20 heavy (non-hydrogen) atoms. The van der Waals surface area contributed by atoms with Crippen LogP contribution in [0.4, 0.5) is 5.69 Å². The van der Waals surface area contributed by atoms with Crippen LogP contribution in [0.5, 0.6) is 0 Å². The van der Waals surface area contributed by atoms with E-state index in [9.17, 15) is 14.9 Å². The fourth-order valence-electron chi connectivity index (χ4n) is 3.27. The van der Waals surface area contributed by atoms with Crippen molar-refractivity contribution in [3.63, 3.8) is 0 Å². The Balaban J connectivity index is 1.76. The molecule has 0 radical (unpaired) electrons. The van der Waals surface area contributed by atoms with E-state index < -0.39 is 4.92 Å². The third-order valence-electron chi connectivity index (χ3n) is 4.23. The second-order valence-corrected chi connectivity index (χ2v) is 5.44. The lowest BCUT2D eigenvalue weighted by molar-refractivity contribution is -0.384. The molecule has 2 unspecified atom stereocenters. The van der Waals surface area contributed by atoms with Crippen molar-refractivity contribution in [1.29, 1.82) is 0 Å². The summed E-state index contributed by atoms with van der Waals surface area (Å²) >= 11 is 0. The van der Waals surface area contributed by atoms with Gasteiger partial charge in [0, 0.05) is 24.7 Å². The first-order valence-electron chi connectivity index (χ1n) is 7.04. The van der Waals surface area contributed by atoms with E-state index in [1.54, 1.807) is 0 Å². The van der Waals surface area contributed by atoms with Crippen molar-refractivity contribution in [1.82, 2.24) is 15.2 Å². The summed E-state index contributed by atoms with van der Waals surface area (Å²) in [6, 6.07) is 1.90. The molecule has 3 rings (SSSR count). The summed E-state index contributed by atoms with van der Waals surface area (Å²) in [5.74, 6) is -0.130. The van der Waals surface area contributed by atoms with Gasteiger partial charge in [-0.2, -0.15) is 0 Å². The van der Waals surface area contributed by atoms with E-state index in [-0.39, 0.29) is 17.6 Å². The van der Waals surface area contributed by atoms with Crippen molar-refractivity contribution in [2.45, 2.75) is 37.8 Å². The molecule has 0 aliphatic carbocycles. The molecule has 1 amide bonds. The third kappa shape index (κ3) is 2.29. The number of aromatic amines is 1. The predicted octanol–water partition coefficient (Wildman–Crippen LogP) is 1.28. The molecule has 2 aliphatic rings. The first-order chi connectivity index (χ1) is 9.66. The first kappa shape index (κ1) is 13.1. The zero-order valence-corrected chi connectivity index (χ0v) is 11.2. The SMILES string of the molecule is O=C(c1cc([N+](=O)[O-])c[nH]1)N1CCCC1C1CCCN1. The number of amides is 1. The number of nitrogens with one attached hydrogen (secondary N) is 2. The Labute approximate surface area is 116 Å². The molecule has 0 aromatic carbocycles. The predicted molar refractivity (Wildman–Crippen MR) is 72.5 cm³/mol. The quantitative estimate of drug-likeness (QED) is 0.643. The summed E-state index contributed by atoms with van der Waals surface area (Å²) < 4.78 is 0. The number of likely N-dealkylation sites (tertiary alicyclic amines) is 1.